The van der Waals surface area contributed by atoms with Crippen LogP contribution in [0.1, 0.15) is 19.8 Å². The summed E-state index contributed by atoms with van der Waals surface area (Å²) < 4.78 is 5.04. The van der Waals surface area contributed by atoms with Crippen LogP contribution in [0.15, 0.2) is 12.4 Å². The molecule has 88 valence electrons. The largest absolute Gasteiger partial charge is 0.480 e. The average molecular weight is 222 g/mol. The number of anilines is 1. The second-order valence-electron chi connectivity index (χ2n) is 4.39. The van der Waals surface area contributed by atoms with E-state index in [0.717, 1.165) is 31.7 Å². The van der Waals surface area contributed by atoms with Gasteiger partial charge in [0.1, 0.15) is 0 Å². The van der Waals surface area contributed by atoms with Crippen LogP contribution in [0.4, 0.5) is 5.82 Å². The maximum absolute atomic E-state index is 6.19. The monoisotopic (exact) mass is 222 g/mol. The fourth-order valence-corrected chi connectivity index (χ4v) is 2.12. The molecule has 0 amide bonds. The van der Waals surface area contributed by atoms with E-state index in [1.54, 1.807) is 19.5 Å². The van der Waals surface area contributed by atoms with Crippen molar-refractivity contribution in [2.75, 3.05) is 25.1 Å². The normalized spacial score (nSPS) is 18.1. The van der Waals surface area contributed by atoms with Crippen molar-refractivity contribution in [3.63, 3.8) is 0 Å². The highest BCUT2D eigenvalue weighted by Crippen LogP contribution is 2.28. The van der Waals surface area contributed by atoms with Crippen molar-refractivity contribution in [1.82, 2.24) is 9.97 Å². The Labute approximate surface area is 95.6 Å². The first-order valence-corrected chi connectivity index (χ1v) is 5.57. The van der Waals surface area contributed by atoms with Gasteiger partial charge in [0.2, 0.25) is 5.88 Å². The topological polar surface area (TPSA) is 64.3 Å². The smallest absolute Gasteiger partial charge is 0.233 e. The summed E-state index contributed by atoms with van der Waals surface area (Å²) in [6.07, 6.45) is 5.52. The molecule has 16 heavy (non-hydrogen) atoms. The Hall–Kier alpha value is -1.36. The van der Waals surface area contributed by atoms with Crippen LogP contribution >= 0.6 is 0 Å². The average Bonchev–Trinajstić information content (AvgIpc) is 2.26. The summed E-state index contributed by atoms with van der Waals surface area (Å²) in [6, 6.07) is 0. The van der Waals surface area contributed by atoms with E-state index in [1.165, 1.54) is 0 Å². The van der Waals surface area contributed by atoms with Crippen LogP contribution in [0.2, 0.25) is 0 Å². The zero-order valence-electron chi connectivity index (χ0n) is 9.81. The number of ether oxygens (including phenoxy) is 1. The van der Waals surface area contributed by atoms with E-state index in [-0.39, 0.29) is 5.54 Å². The molecule has 1 aromatic rings. The summed E-state index contributed by atoms with van der Waals surface area (Å²) in [7, 11) is 1.59. The summed E-state index contributed by atoms with van der Waals surface area (Å²) in [5, 5.41) is 0. The van der Waals surface area contributed by atoms with Gasteiger partial charge in [-0.1, -0.05) is 13.3 Å². The van der Waals surface area contributed by atoms with Crippen molar-refractivity contribution >= 4 is 5.82 Å². The molecule has 0 spiro atoms. The number of hydrogen-bond acceptors (Lipinski definition) is 5. The van der Waals surface area contributed by atoms with Gasteiger partial charge in [0, 0.05) is 13.1 Å². The van der Waals surface area contributed by atoms with Gasteiger partial charge in [0.15, 0.2) is 5.82 Å². The molecule has 0 atom stereocenters. The first kappa shape index (κ1) is 11.1. The quantitative estimate of drug-likeness (QED) is 0.816. The molecule has 2 N–H and O–H groups in total. The van der Waals surface area contributed by atoms with Crippen molar-refractivity contribution in [3.05, 3.63) is 12.4 Å². The fraction of sp³-hybridized carbons (Fsp3) is 0.636. The van der Waals surface area contributed by atoms with Crippen LogP contribution < -0.4 is 15.4 Å². The number of nitrogens with zero attached hydrogens (tertiary/aromatic N) is 3. The summed E-state index contributed by atoms with van der Waals surface area (Å²) in [5.74, 6) is 1.39. The molecule has 5 nitrogen and oxygen atoms in total. The molecule has 0 bridgehead atoms. The Morgan fingerprint density at radius 1 is 1.50 bits per heavy atom. The minimum Gasteiger partial charge on any atom is -0.480 e. The van der Waals surface area contributed by atoms with Gasteiger partial charge >= 0.3 is 0 Å². The van der Waals surface area contributed by atoms with E-state index < -0.39 is 0 Å². The van der Waals surface area contributed by atoms with Gasteiger partial charge in [-0.2, -0.15) is 4.98 Å². The molecule has 0 saturated carbocycles. The molecule has 0 aromatic carbocycles. The van der Waals surface area contributed by atoms with Crippen molar-refractivity contribution < 1.29 is 4.74 Å². The lowest BCUT2D eigenvalue weighted by Gasteiger charge is -2.48. The molecule has 1 saturated heterocycles. The zero-order valence-corrected chi connectivity index (χ0v) is 9.81. The van der Waals surface area contributed by atoms with Gasteiger partial charge in [0.05, 0.1) is 25.0 Å². The maximum Gasteiger partial charge on any atom is 0.233 e. The van der Waals surface area contributed by atoms with E-state index in [1.807, 2.05) is 0 Å². The minimum absolute atomic E-state index is 0.0422. The SMILES string of the molecule is CCCC1(N)CN(c2cncc(OC)n2)C1. The van der Waals surface area contributed by atoms with Crippen molar-refractivity contribution in [2.45, 2.75) is 25.3 Å². The van der Waals surface area contributed by atoms with Gasteiger partial charge < -0.3 is 15.4 Å². The van der Waals surface area contributed by atoms with E-state index >= 15 is 0 Å². The molecule has 1 aliphatic rings. The Kier molecular flexibility index (Phi) is 2.96. The van der Waals surface area contributed by atoms with Gasteiger partial charge in [-0.15, -0.1) is 0 Å². The van der Waals surface area contributed by atoms with Gasteiger partial charge in [0.25, 0.3) is 0 Å². The Morgan fingerprint density at radius 3 is 2.88 bits per heavy atom. The molecule has 2 rings (SSSR count). The van der Waals surface area contributed by atoms with Crippen LogP contribution in [0.25, 0.3) is 0 Å². The highest BCUT2D eigenvalue weighted by atomic mass is 16.5. The van der Waals surface area contributed by atoms with Crippen LogP contribution in [0, 0.1) is 0 Å². The molecule has 1 fully saturated rings. The minimum atomic E-state index is -0.0422. The third kappa shape index (κ3) is 2.09. The molecule has 0 radical (unpaired) electrons. The molecule has 0 aliphatic carbocycles. The van der Waals surface area contributed by atoms with Crippen LogP contribution in [-0.4, -0.2) is 35.7 Å². The first-order valence-electron chi connectivity index (χ1n) is 5.57. The van der Waals surface area contributed by atoms with Gasteiger partial charge in [-0.25, -0.2) is 0 Å². The van der Waals surface area contributed by atoms with Crippen molar-refractivity contribution in [1.29, 1.82) is 0 Å². The second-order valence-corrected chi connectivity index (χ2v) is 4.39. The van der Waals surface area contributed by atoms with E-state index in [2.05, 4.69) is 21.8 Å². The summed E-state index contributed by atoms with van der Waals surface area (Å²) in [6.45, 7) is 3.86. The lowest BCUT2D eigenvalue weighted by molar-refractivity contribution is 0.304. The molecule has 0 unspecified atom stereocenters. The van der Waals surface area contributed by atoms with Gasteiger partial charge in [-0.3, -0.25) is 4.98 Å². The van der Waals surface area contributed by atoms with Crippen LogP contribution in [0.3, 0.4) is 0 Å². The fourth-order valence-electron chi connectivity index (χ4n) is 2.12. The molecule has 5 heteroatoms. The molecule has 2 heterocycles. The number of aromatic nitrogens is 2. The predicted octanol–water partition coefficient (Wildman–Crippen LogP) is 0.803. The lowest BCUT2D eigenvalue weighted by atomic mass is 9.86. The van der Waals surface area contributed by atoms with E-state index in [9.17, 15) is 0 Å². The Bertz CT molecular complexity index is 363. The highest BCUT2D eigenvalue weighted by molar-refractivity contribution is 5.43. The second kappa shape index (κ2) is 4.25. The third-order valence-corrected chi connectivity index (χ3v) is 2.89. The molecular formula is C11H18N4O. The van der Waals surface area contributed by atoms with E-state index in [4.69, 9.17) is 10.5 Å². The first-order chi connectivity index (χ1) is 7.67. The van der Waals surface area contributed by atoms with Crippen molar-refractivity contribution in [3.8, 4) is 5.88 Å². The molecule has 1 aromatic heterocycles. The van der Waals surface area contributed by atoms with Crippen molar-refractivity contribution in [2.24, 2.45) is 5.73 Å². The van der Waals surface area contributed by atoms with Crippen LogP contribution in [-0.2, 0) is 0 Å². The van der Waals surface area contributed by atoms with Crippen LogP contribution in [0.5, 0.6) is 5.88 Å². The zero-order chi connectivity index (χ0) is 11.6. The molecule has 1 aliphatic heterocycles. The summed E-state index contributed by atoms with van der Waals surface area (Å²) in [4.78, 5) is 10.5. The number of methoxy groups -OCH3 is 1. The van der Waals surface area contributed by atoms with E-state index in [0.29, 0.717) is 5.88 Å². The summed E-state index contributed by atoms with van der Waals surface area (Å²) >= 11 is 0. The Morgan fingerprint density at radius 2 is 2.25 bits per heavy atom. The number of rotatable bonds is 4. The lowest BCUT2D eigenvalue weighted by Crippen LogP contribution is -2.67. The number of hydrogen-bond donors (Lipinski definition) is 1. The van der Waals surface area contributed by atoms with Gasteiger partial charge in [-0.05, 0) is 6.42 Å². The highest BCUT2D eigenvalue weighted by Gasteiger charge is 2.39. The standard InChI is InChI=1S/C11H18N4O/c1-3-4-11(12)7-15(8-11)9-5-13-6-10(14-9)16-2/h5-6H,3-4,7-8,12H2,1-2H3. The third-order valence-electron chi connectivity index (χ3n) is 2.89. The Balaban J connectivity index is 2.00. The predicted molar refractivity (Wildman–Crippen MR) is 62.6 cm³/mol. The maximum atomic E-state index is 6.19. The molecular weight excluding hydrogens is 204 g/mol. The summed E-state index contributed by atoms with van der Waals surface area (Å²) in [5.41, 5.74) is 6.15. The number of nitrogens with two attached hydrogens (primary N) is 1.